The molecule has 258 valence electrons. The van der Waals surface area contributed by atoms with Gasteiger partial charge in [-0.2, -0.15) is 0 Å². The van der Waals surface area contributed by atoms with Crippen molar-refractivity contribution in [3.8, 4) is 28.3 Å². The van der Waals surface area contributed by atoms with Crippen LogP contribution >= 0.6 is 0 Å². The molecule has 2 heterocycles. The number of ether oxygens (including phenoxy) is 1. The summed E-state index contributed by atoms with van der Waals surface area (Å²) < 4.78 is 5.90. The second-order valence-electron chi connectivity index (χ2n) is 14.1. The van der Waals surface area contributed by atoms with Crippen LogP contribution in [0.3, 0.4) is 0 Å². The molecule has 1 aliphatic rings. The number of likely N-dealkylation sites (tertiary alicyclic amines) is 1. The van der Waals surface area contributed by atoms with E-state index in [0.717, 1.165) is 46.6 Å². The van der Waals surface area contributed by atoms with E-state index in [2.05, 4.69) is 43.0 Å². The maximum atomic E-state index is 13.6. The lowest BCUT2D eigenvalue weighted by Crippen LogP contribution is -2.49. The molecule has 8 heteroatoms. The summed E-state index contributed by atoms with van der Waals surface area (Å²) in [6.07, 6.45) is 10.0. The predicted molar refractivity (Wildman–Crippen MR) is 194 cm³/mol. The molecular weight excluding hydrogens is 612 g/mol. The van der Waals surface area contributed by atoms with Gasteiger partial charge in [-0.3, -0.25) is 9.59 Å². The van der Waals surface area contributed by atoms with Crippen molar-refractivity contribution in [2.75, 3.05) is 19.7 Å². The largest absolute Gasteiger partial charge is 0.494 e. The zero-order valence-corrected chi connectivity index (χ0v) is 29.3. The van der Waals surface area contributed by atoms with E-state index in [0.29, 0.717) is 30.8 Å². The second kappa shape index (κ2) is 16.7. The molecule has 0 radical (unpaired) electrons. The lowest BCUT2D eigenvalue weighted by Gasteiger charge is -2.25. The molecule has 1 saturated heterocycles. The summed E-state index contributed by atoms with van der Waals surface area (Å²) in [5.74, 6) is 0.974. The number of carbonyl (C=O) groups excluding carboxylic acids is 2. The van der Waals surface area contributed by atoms with E-state index in [4.69, 9.17) is 4.74 Å². The van der Waals surface area contributed by atoms with Crippen molar-refractivity contribution < 1.29 is 19.4 Å². The summed E-state index contributed by atoms with van der Waals surface area (Å²) in [5, 5.41) is 13.0. The molecule has 4 aromatic rings. The average molecular weight is 663 g/mol. The van der Waals surface area contributed by atoms with Crippen LogP contribution < -0.4 is 10.1 Å². The Morgan fingerprint density at radius 1 is 0.878 bits per heavy atom. The lowest BCUT2D eigenvalue weighted by atomic mass is 9.86. The van der Waals surface area contributed by atoms with Gasteiger partial charge in [-0.05, 0) is 59.2 Å². The van der Waals surface area contributed by atoms with Gasteiger partial charge >= 0.3 is 0 Å². The summed E-state index contributed by atoms with van der Waals surface area (Å²) in [7, 11) is 0. The molecule has 3 aromatic carbocycles. The van der Waals surface area contributed by atoms with E-state index in [-0.39, 0.29) is 23.8 Å². The Hall–Kier alpha value is -4.56. The highest BCUT2D eigenvalue weighted by molar-refractivity contribution is 5.97. The third-order valence-corrected chi connectivity index (χ3v) is 9.10. The summed E-state index contributed by atoms with van der Waals surface area (Å²) >= 11 is 0. The molecule has 49 heavy (non-hydrogen) atoms. The maximum Gasteiger partial charge on any atom is 0.251 e. The lowest BCUT2D eigenvalue weighted by molar-refractivity contribution is -0.132. The third kappa shape index (κ3) is 9.98. The summed E-state index contributed by atoms with van der Waals surface area (Å²) in [5.41, 5.74) is 5.29. The van der Waals surface area contributed by atoms with Crippen LogP contribution in [-0.2, 0) is 16.6 Å². The number of hydrogen-bond donors (Lipinski definition) is 2. The first kappa shape index (κ1) is 35.7. The Balaban J connectivity index is 1.22. The summed E-state index contributed by atoms with van der Waals surface area (Å²) in [6, 6.07) is 22.5. The fourth-order valence-electron chi connectivity index (χ4n) is 6.02. The first-order valence-corrected chi connectivity index (χ1v) is 17.6. The van der Waals surface area contributed by atoms with E-state index in [1.807, 2.05) is 73.1 Å². The van der Waals surface area contributed by atoms with E-state index < -0.39 is 12.1 Å². The molecule has 5 rings (SSSR count). The molecule has 2 N–H and O–H groups in total. The number of carbonyl (C=O) groups is 2. The molecular formula is C41H50N4O4. The van der Waals surface area contributed by atoms with E-state index in [9.17, 15) is 14.7 Å². The van der Waals surface area contributed by atoms with Crippen LogP contribution in [-0.4, -0.2) is 63.6 Å². The third-order valence-electron chi connectivity index (χ3n) is 9.10. The van der Waals surface area contributed by atoms with Crippen LogP contribution in [0.5, 0.6) is 5.75 Å². The van der Waals surface area contributed by atoms with E-state index in [1.165, 1.54) is 25.7 Å². The van der Waals surface area contributed by atoms with Crippen LogP contribution in [0.2, 0.25) is 0 Å². The number of unbranched alkanes of at least 4 members (excludes halogenated alkanes) is 4. The SMILES string of the molecule is CCCCCCCOc1ccc(-c2cnc(-c3ccc(CC(NC(=O)c4ccc(C(C)(C)C)cc4)C(=O)N4CCC(O)C4)cc3)nc2)cc1. The number of nitrogens with zero attached hydrogens (tertiary/aromatic N) is 3. The molecule has 2 unspecified atom stereocenters. The number of β-amino-alcohol motifs (C(OH)–C–C–N with tert-alkyl or cyclic N) is 1. The van der Waals surface area contributed by atoms with Gasteiger partial charge in [0.15, 0.2) is 5.82 Å². The zero-order chi connectivity index (χ0) is 34.8. The highest BCUT2D eigenvalue weighted by atomic mass is 16.5. The Bertz CT molecular complexity index is 1650. The number of benzene rings is 3. The topological polar surface area (TPSA) is 105 Å². The van der Waals surface area contributed by atoms with Crippen LogP contribution in [0, 0.1) is 0 Å². The molecule has 1 fully saturated rings. The van der Waals surface area contributed by atoms with Crippen molar-refractivity contribution in [2.45, 2.75) is 90.2 Å². The number of amides is 2. The van der Waals surface area contributed by atoms with Crippen molar-refractivity contribution >= 4 is 11.8 Å². The predicted octanol–water partition coefficient (Wildman–Crippen LogP) is 7.39. The van der Waals surface area contributed by atoms with E-state index in [1.54, 1.807) is 17.0 Å². The molecule has 0 saturated carbocycles. The number of aromatic nitrogens is 2. The van der Waals surface area contributed by atoms with Crippen molar-refractivity contribution in [3.05, 3.63) is 102 Å². The molecule has 2 amide bonds. The number of nitrogens with one attached hydrogen (secondary N) is 1. The van der Waals surface area contributed by atoms with Gasteiger partial charge in [0.05, 0.1) is 12.7 Å². The van der Waals surface area contributed by atoms with E-state index >= 15 is 0 Å². The monoisotopic (exact) mass is 662 g/mol. The highest BCUT2D eigenvalue weighted by Gasteiger charge is 2.31. The Labute approximate surface area is 291 Å². The smallest absolute Gasteiger partial charge is 0.251 e. The summed E-state index contributed by atoms with van der Waals surface area (Å²) in [4.78, 5) is 37.8. The number of aliphatic hydroxyl groups excluding tert-OH is 1. The minimum Gasteiger partial charge on any atom is -0.494 e. The standard InChI is InChI=1S/C41H50N4O4/c1-5-6-7-8-9-24-49-36-20-16-30(17-21-36)33-26-42-38(43-27-33)31-12-10-29(11-13-31)25-37(40(48)45-23-22-35(46)28-45)44-39(47)32-14-18-34(19-15-32)41(2,3)4/h10-21,26-27,35,37,46H,5-9,22-25,28H2,1-4H3,(H,44,47). The Kier molecular flexibility index (Phi) is 12.2. The molecule has 2 atom stereocenters. The Morgan fingerprint density at radius 3 is 2.14 bits per heavy atom. The van der Waals surface area contributed by atoms with Gasteiger partial charge in [0.2, 0.25) is 5.91 Å². The minimum atomic E-state index is -0.774. The molecule has 8 nitrogen and oxygen atoms in total. The van der Waals surface area contributed by atoms with Crippen LogP contribution in [0.25, 0.3) is 22.5 Å². The zero-order valence-electron chi connectivity index (χ0n) is 29.3. The van der Waals surface area contributed by atoms with Crippen LogP contribution in [0.1, 0.15) is 87.7 Å². The van der Waals surface area contributed by atoms with Gasteiger partial charge in [-0.1, -0.05) is 102 Å². The van der Waals surface area contributed by atoms with Crippen molar-refractivity contribution in [1.82, 2.24) is 20.2 Å². The Morgan fingerprint density at radius 2 is 1.53 bits per heavy atom. The fraction of sp³-hybridized carbons (Fsp3) is 0.415. The second-order valence-corrected chi connectivity index (χ2v) is 14.1. The maximum absolute atomic E-state index is 13.6. The first-order valence-electron chi connectivity index (χ1n) is 17.6. The molecule has 0 bridgehead atoms. The number of rotatable bonds is 14. The minimum absolute atomic E-state index is 0.0297. The molecule has 0 spiro atoms. The van der Waals surface area contributed by atoms with Crippen molar-refractivity contribution in [3.63, 3.8) is 0 Å². The van der Waals surface area contributed by atoms with Crippen molar-refractivity contribution in [1.29, 1.82) is 0 Å². The van der Waals surface area contributed by atoms with Crippen LogP contribution in [0.4, 0.5) is 0 Å². The first-order chi connectivity index (χ1) is 23.6. The molecule has 1 aromatic heterocycles. The van der Waals surface area contributed by atoms with Gasteiger partial charge in [0.25, 0.3) is 5.91 Å². The van der Waals surface area contributed by atoms with Gasteiger partial charge in [0, 0.05) is 48.6 Å². The average Bonchev–Trinajstić information content (AvgIpc) is 3.55. The summed E-state index contributed by atoms with van der Waals surface area (Å²) in [6.45, 7) is 10.1. The van der Waals surface area contributed by atoms with Crippen LogP contribution in [0.15, 0.2) is 85.2 Å². The van der Waals surface area contributed by atoms with Crippen molar-refractivity contribution in [2.24, 2.45) is 0 Å². The van der Waals surface area contributed by atoms with Gasteiger partial charge < -0.3 is 20.1 Å². The quantitative estimate of drug-likeness (QED) is 0.137. The molecule has 1 aliphatic heterocycles. The highest BCUT2D eigenvalue weighted by Crippen LogP contribution is 2.25. The van der Waals surface area contributed by atoms with Gasteiger partial charge in [-0.25, -0.2) is 9.97 Å². The number of aliphatic hydroxyl groups is 1. The van der Waals surface area contributed by atoms with Gasteiger partial charge in [0.1, 0.15) is 11.8 Å². The fourth-order valence-corrected chi connectivity index (χ4v) is 6.02. The molecule has 0 aliphatic carbocycles. The number of hydrogen-bond acceptors (Lipinski definition) is 6. The normalized spacial score (nSPS) is 15.2. The van der Waals surface area contributed by atoms with Gasteiger partial charge in [-0.15, -0.1) is 0 Å².